The van der Waals surface area contributed by atoms with Gasteiger partial charge in [-0.05, 0) is 19.1 Å². The Morgan fingerprint density at radius 2 is 2.22 bits per heavy atom. The van der Waals surface area contributed by atoms with E-state index >= 15 is 0 Å². The molecule has 9 heteroatoms. The van der Waals surface area contributed by atoms with Crippen molar-refractivity contribution in [3.05, 3.63) is 35.8 Å². The van der Waals surface area contributed by atoms with Crippen LogP contribution in [0.3, 0.4) is 0 Å². The third-order valence-electron chi connectivity index (χ3n) is 2.81. The Kier molecular flexibility index (Phi) is 5.17. The summed E-state index contributed by atoms with van der Waals surface area (Å²) < 4.78 is 19.1. The van der Waals surface area contributed by atoms with Gasteiger partial charge in [0.05, 0.1) is 12.8 Å². The van der Waals surface area contributed by atoms with E-state index in [4.69, 9.17) is 16.3 Å². The first-order valence-electron chi connectivity index (χ1n) is 6.57. The lowest BCUT2D eigenvalue weighted by atomic mass is 10.2. The molecule has 0 saturated carbocycles. The molecule has 0 radical (unpaired) electrons. The molecule has 1 heterocycles. The number of esters is 1. The summed E-state index contributed by atoms with van der Waals surface area (Å²) >= 11 is 5.46. The van der Waals surface area contributed by atoms with Crippen LogP contribution in [0.15, 0.2) is 24.4 Å². The van der Waals surface area contributed by atoms with Crippen LogP contribution in [-0.4, -0.2) is 39.3 Å². The zero-order chi connectivity index (χ0) is 17.0. The lowest BCUT2D eigenvalue weighted by molar-refractivity contribution is -0.114. The van der Waals surface area contributed by atoms with Crippen LogP contribution < -0.4 is 5.32 Å². The van der Waals surface area contributed by atoms with Gasteiger partial charge in [0.2, 0.25) is 5.91 Å². The number of hydrogen-bond acceptors (Lipinski definition) is 5. The van der Waals surface area contributed by atoms with E-state index in [9.17, 15) is 19.1 Å². The van der Waals surface area contributed by atoms with E-state index in [1.807, 2.05) is 0 Å². The number of rotatable bonds is 5. The van der Waals surface area contributed by atoms with Crippen molar-refractivity contribution < 1.29 is 23.8 Å². The van der Waals surface area contributed by atoms with Crippen molar-refractivity contribution in [2.75, 3.05) is 17.8 Å². The monoisotopic (exact) mass is 341 g/mol. The zero-order valence-corrected chi connectivity index (χ0v) is 12.8. The summed E-state index contributed by atoms with van der Waals surface area (Å²) in [6.07, 6.45) is 1.17. The summed E-state index contributed by atoms with van der Waals surface area (Å²) in [6, 6.07) is 3.24. The Balaban J connectivity index is 2.54. The number of anilines is 1. The van der Waals surface area contributed by atoms with Gasteiger partial charge in [0.1, 0.15) is 28.7 Å². The molecule has 0 aliphatic carbocycles. The third kappa shape index (κ3) is 3.59. The SMILES string of the molecule is CCOC(=O)c1cnn(-c2ccc(F)cc2O)c1NC(=O)CCl. The summed E-state index contributed by atoms with van der Waals surface area (Å²) in [5, 5.41) is 16.2. The molecule has 1 aromatic heterocycles. The number of nitrogens with one attached hydrogen (secondary N) is 1. The number of halogens is 2. The number of aromatic nitrogens is 2. The number of aromatic hydroxyl groups is 1. The second-order valence-electron chi connectivity index (χ2n) is 4.35. The summed E-state index contributed by atoms with van der Waals surface area (Å²) in [4.78, 5) is 23.5. The highest BCUT2D eigenvalue weighted by Gasteiger charge is 2.22. The van der Waals surface area contributed by atoms with Crippen LogP contribution in [-0.2, 0) is 9.53 Å². The predicted octanol–water partition coefficient (Wildman–Crippen LogP) is 2.07. The fourth-order valence-electron chi connectivity index (χ4n) is 1.85. The normalized spacial score (nSPS) is 10.4. The number of phenolic OH excluding ortho intramolecular Hbond substituents is 1. The molecule has 0 unspecified atom stereocenters. The van der Waals surface area contributed by atoms with Crippen molar-refractivity contribution in [2.45, 2.75) is 6.92 Å². The van der Waals surface area contributed by atoms with Crippen LogP contribution in [0.5, 0.6) is 5.75 Å². The smallest absolute Gasteiger partial charge is 0.343 e. The topological polar surface area (TPSA) is 93.4 Å². The number of alkyl halides is 1. The molecule has 1 amide bonds. The maximum absolute atomic E-state index is 13.1. The zero-order valence-electron chi connectivity index (χ0n) is 12.0. The molecule has 0 fully saturated rings. The number of ether oxygens (including phenoxy) is 1. The number of phenols is 1. The minimum absolute atomic E-state index is 0.0194. The van der Waals surface area contributed by atoms with Crippen molar-refractivity contribution in [2.24, 2.45) is 0 Å². The maximum Gasteiger partial charge on any atom is 0.343 e. The molecule has 23 heavy (non-hydrogen) atoms. The van der Waals surface area contributed by atoms with Crippen molar-refractivity contribution >= 4 is 29.3 Å². The Labute approximate surface area is 135 Å². The van der Waals surface area contributed by atoms with E-state index in [1.165, 1.54) is 12.3 Å². The Morgan fingerprint density at radius 3 is 2.83 bits per heavy atom. The maximum atomic E-state index is 13.1. The molecule has 0 aliphatic rings. The summed E-state index contributed by atoms with van der Waals surface area (Å²) in [5.41, 5.74) is 0.0564. The molecule has 2 N–H and O–H groups in total. The molecule has 0 spiro atoms. The highest BCUT2D eigenvalue weighted by atomic mass is 35.5. The van der Waals surface area contributed by atoms with Crippen LogP contribution in [0.4, 0.5) is 10.2 Å². The molecule has 7 nitrogen and oxygen atoms in total. The average molecular weight is 342 g/mol. The van der Waals surface area contributed by atoms with E-state index in [1.54, 1.807) is 6.92 Å². The van der Waals surface area contributed by atoms with E-state index in [0.717, 1.165) is 16.8 Å². The first-order chi connectivity index (χ1) is 11.0. The van der Waals surface area contributed by atoms with E-state index in [-0.39, 0.29) is 29.6 Å². The lowest BCUT2D eigenvalue weighted by Crippen LogP contribution is -2.18. The van der Waals surface area contributed by atoms with Gasteiger partial charge in [-0.3, -0.25) is 4.79 Å². The molecule has 122 valence electrons. The minimum atomic E-state index is -0.703. The molecule has 0 bridgehead atoms. The highest BCUT2D eigenvalue weighted by molar-refractivity contribution is 6.29. The van der Waals surface area contributed by atoms with E-state index < -0.39 is 23.4 Å². The molecule has 1 aromatic carbocycles. The fraction of sp³-hybridized carbons (Fsp3) is 0.214. The number of nitrogens with zero attached hydrogens (tertiary/aromatic N) is 2. The standard InChI is InChI=1S/C14H13ClFN3O4/c1-2-23-14(22)9-7-17-19(13(9)18-12(21)6-15)10-4-3-8(16)5-11(10)20/h3-5,7,20H,2,6H2,1H3,(H,18,21). The van der Waals surface area contributed by atoms with E-state index in [2.05, 4.69) is 10.4 Å². The Morgan fingerprint density at radius 1 is 1.48 bits per heavy atom. The molecule has 2 aromatic rings. The first kappa shape index (κ1) is 16.8. The minimum Gasteiger partial charge on any atom is -0.506 e. The fourth-order valence-corrected chi connectivity index (χ4v) is 1.92. The number of amides is 1. The van der Waals surface area contributed by atoms with Gasteiger partial charge >= 0.3 is 5.97 Å². The molecule has 2 rings (SSSR count). The molecule has 0 saturated heterocycles. The molecule has 0 atom stereocenters. The largest absolute Gasteiger partial charge is 0.506 e. The van der Waals surface area contributed by atoms with Gasteiger partial charge in [-0.25, -0.2) is 13.9 Å². The van der Waals surface area contributed by atoms with Crippen LogP contribution in [0, 0.1) is 5.82 Å². The highest BCUT2D eigenvalue weighted by Crippen LogP contribution is 2.27. The molecule has 0 aliphatic heterocycles. The van der Waals surface area contributed by atoms with Gasteiger partial charge in [-0.1, -0.05) is 0 Å². The summed E-state index contributed by atoms with van der Waals surface area (Å²) in [7, 11) is 0. The van der Waals surface area contributed by atoms with Gasteiger partial charge in [-0.2, -0.15) is 5.10 Å². The van der Waals surface area contributed by atoms with Crippen LogP contribution in [0.25, 0.3) is 5.69 Å². The van der Waals surface area contributed by atoms with Gasteiger partial charge in [0, 0.05) is 6.07 Å². The Hall–Kier alpha value is -2.61. The van der Waals surface area contributed by atoms with Crippen molar-refractivity contribution in [3.63, 3.8) is 0 Å². The first-order valence-corrected chi connectivity index (χ1v) is 7.11. The summed E-state index contributed by atoms with van der Waals surface area (Å²) in [6.45, 7) is 1.76. The predicted molar refractivity (Wildman–Crippen MR) is 80.5 cm³/mol. The second-order valence-corrected chi connectivity index (χ2v) is 4.62. The molecular formula is C14H13ClFN3O4. The quantitative estimate of drug-likeness (QED) is 0.641. The van der Waals surface area contributed by atoms with E-state index in [0.29, 0.717) is 0 Å². The number of benzene rings is 1. The van der Waals surface area contributed by atoms with Crippen LogP contribution in [0.2, 0.25) is 0 Å². The number of hydrogen-bond donors (Lipinski definition) is 2. The average Bonchev–Trinajstić information content (AvgIpc) is 2.91. The van der Waals surface area contributed by atoms with Crippen molar-refractivity contribution in [1.29, 1.82) is 0 Å². The number of carbonyl (C=O) groups excluding carboxylic acids is 2. The van der Waals surface area contributed by atoms with Gasteiger partial charge in [-0.15, -0.1) is 11.6 Å². The van der Waals surface area contributed by atoms with Crippen molar-refractivity contribution in [1.82, 2.24) is 9.78 Å². The van der Waals surface area contributed by atoms with Crippen LogP contribution >= 0.6 is 11.6 Å². The Bertz CT molecular complexity index is 748. The summed E-state index contributed by atoms with van der Waals surface area (Å²) in [5.74, 6) is -2.72. The van der Waals surface area contributed by atoms with Gasteiger partial charge < -0.3 is 15.2 Å². The third-order valence-corrected chi connectivity index (χ3v) is 3.05. The molecular weight excluding hydrogens is 329 g/mol. The number of carbonyl (C=O) groups is 2. The van der Waals surface area contributed by atoms with Gasteiger partial charge in [0.25, 0.3) is 0 Å². The van der Waals surface area contributed by atoms with Crippen LogP contribution in [0.1, 0.15) is 17.3 Å². The lowest BCUT2D eigenvalue weighted by Gasteiger charge is -2.11. The van der Waals surface area contributed by atoms with Crippen molar-refractivity contribution in [3.8, 4) is 11.4 Å². The second kappa shape index (κ2) is 7.10. The van der Waals surface area contributed by atoms with Gasteiger partial charge in [0.15, 0.2) is 5.82 Å².